The topological polar surface area (TPSA) is 117 Å². The minimum Gasteiger partial charge on any atom is -0.478 e. The molecule has 0 spiro atoms. The van der Waals surface area contributed by atoms with Gasteiger partial charge in [0.25, 0.3) is 0 Å². The highest BCUT2D eigenvalue weighted by atomic mass is 16.4. The molecular formula is C12H16N4O3. The zero-order valence-corrected chi connectivity index (χ0v) is 10.3. The largest absolute Gasteiger partial charge is 0.478 e. The summed E-state index contributed by atoms with van der Waals surface area (Å²) in [7, 11) is 0. The Bertz CT molecular complexity index is 500. The number of aromatic carboxylic acids is 1. The zero-order chi connectivity index (χ0) is 13.8. The Labute approximate surface area is 110 Å². The van der Waals surface area contributed by atoms with E-state index in [0.717, 1.165) is 12.8 Å². The van der Waals surface area contributed by atoms with Gasteiger partial charge in [-0.3, -0.25) is 4.79 Å². The van der Waals surface area contributed by atoms with Gasteiger partial charge in [0, 0.05) is 19.0 Å². The molecule has 5 N–H and O–H groups in total. The van der Waals surface area contributed by atoms with Crippen molar-refractivity contribution in [3.05, 3.63) is 17.8 Å². The van der Waals surface area contributed by atoms with E-state index in [1.165, 1.54) is 12.3 Å². The minimum absolute atomic E-state index is 0.0218. The van der Waals surface area contributed by atoms with Gasteiger partial charge in [0.15, 0.2) is 0 Å². The maximum atomic E-state index is 11.4. The van der Waals surface area contributed by atoms with Crippen molar-refractivity contribution in [2.24, 2.45) is 5.92 Å². The van der Waals surface area contributed by atoms with Crippen LogP contribution in [-0.4, -0.2) is 35.1 Å². The summed E-state index contributed by atoms with van der Waals surface area (Å²) in [6.45, 7) is 0.843. The molecule has 1 aromatic heterocycles. The van der Waals surface area contributed by atoms with Crippen LogP contribution in [0.5, 0.6) is 0 Å². The molecule has 0 bridgehead atoms. The first-order valence-electron chi connectivity index (χ1n) is 6.08. The van der Waals surface area contributed by atoms with Crippen molar-refractivity contribution in [2.75, 3.05) is 24.1 Å². The molecule has 1 fully saturated rings. The number of pyridine rings is 1. The second kappa shape index (κ2) is 5.55. The Morgan fingerprint density at radius 3 is 2.79 bits per heavy atom. The van der Waals surface area contributed by atoms with Crippen LogP contribution in [0.3, 0.4) is 0 Å². The van der Waals surface area contributed by atoms with Gasteiger partial charge in [-0.15, -0.1) is 0 Å². The molecule has 7 nitrogen and oxygen atoms in total. The third-order valence-corrected chi connectivity index (χ3v) is 2.80. The molecule has 0 saturated heterocycles. The zero-order valence-electron chi connectivity index (χ0n) is 10.3. The van der Waals surface area contributed by atoms with E-state index in [0.29, 0.717) is 18.8 Å². The van der Waals surface area contributed by atoms with Crippen molar-refractivity contribution in [1.29, 1.82) is 0 Å². The third kappa shape index (κ3) is 3.57. The van der Waals surface area contributed by atoms with Gasteiger partial charge in [-0.25, -0.2) is 9.78 Å². The molecule has 1 aromatic rings. The van der Waals surface area contributed by atoms with E-state index in [1.54, 1.807) is 0 Å². The summed E-state index contributed by atoms with van der Waals surface area (Å²) >= 11 is 0. The number of nitrogen functional groups attached to an aromatic ring is 1. The van der Waals surface area contributed by atoms with Gasteiger partial charge < -0.3 is 21.5 Å². The summed E-state index contributed by atoms with van der Waals surface area (Å²) in [5.74, 6) is -0.610. The Morgan fingerprint density at radius 2 is 2.16 bits per heavy atom. The van der Waals surface area contributed by atoms with Crippen LogP contribution in [0.1, 0.15) is 23.2 Å². The summed E-state index contributed by atoms with van der Waals surface area (Å²) in [6, 6.07) is 1.35. The summed E-state index contributed by atoms with van der Waals surface area (Å²) in [4.78, 5) is 26.3. The molecule has 7 heteroatoms. The third-order valence-electron chi connectivity index (χ3n) is 2.80. The number of hydrogen-bond acceptors (Lipinski definition) is 5. The highest BCUT2D eigenvalue weighted by molar-refractivity contribution is 5.94. The molecule has 0 radical (unpaired) electrons. The molecule has 1 aliphatic rings. The van der Waals surface area contributed by atoms with Crippen LogP contribution in [0, 0.1) is 5.92 Å². The molecule has 0 atom stereocenters. The van der Waals surface area contributed by atoms with Crippen molar-refractivity contribution in [2.45, 2.75) is 12.8 Å². The van der Waals surface area contributed by atoms with Gasteiger partial charge in [-0.1, -0.05) is 0 Å². The minimum atomic E-state index is -1.09. The number of carbonyl (C=O) groups is 2. The Morgan fingerprint density at radius 1 is 1.42 bits per heavy atom. The molecular weight excluding hydrogens is 248 g/mol. The number of anilines is 2. The van der Waals surface area contributed by atoms with E-state index >= 15 is 0 Å². The van der Waals surface area contributed by atoms with E-state index in [9.17, 15) is 9.59 Å². The number of aromatic nitrogens is 1. The van der Waals surface area contributed by atoms with Crippen LogP contribution in [-0.2, 0) is 4.79 Å². The maximum Gasteiger partial charge on any atom is 0.339 e. The molecule has 1 aliphatic carbocycles. The van der Waals surface area contributed by atoms with Crippen molar-refractivity contribution in [1.82, 2.24) is 10.3 Å². The van der Waals surface area contributed by atoms with Gasteiger partial charge >= 0.3 is 5.97 Å². The fourth-order valence-corrected chi connectivity index (χ4v) is 1.64. The Hall–Kier alpha value is -2.31. The first kappa shape index (κ1) is 13.1. The van der Waals surface area contributed by atoms with Crippen molar-refractivity contribution in [3.63, 3.8) is 0 Å². The van der Waals surface area contributed by atoms with Gasteiger partial charge in [0.05, 0.1) is 11.9 Å². The van der Waals surface area contributed by atoms with Gasteiger partial charge in [-0.2, -0.15) is 0 Å². The molecule has 0 unspecified atom stereocenters. The predicted molar refractivity (Wildman–Crippen MR) is 69.8 cm³/mol. The van der Waals surface area contributed by atoms with E-state index in [1.807, 2.05) is 0 Å². The van der Waals surface area contributed by atoms with Gasteiger partial charge in [0.1, 0.15) is 11.4 Å². The highest BCUT2D eigenvalue weighted by Crippen LogP contribution is 2.28. The van der Waals surface area contributed by atoms with Crippen LogP contribution in [0.15, 0.2) is 12.3 Å². The predicted octanol–water partition coefficient (Wildman–Crippen LogP) is 0.300. The number of carboxylic acids is 1. The molecule has 1 amide bonds. The van der Waals surface area contributed by atoms with E-state index in [-0.39, 0.29) is 23.2 Å². The standard InChI is InChI=1S/C12H16N4O3/c13-8-5-9(12(18)19)10(16-6-8)14-3-4-15-11(17)7-1-2-7/h5-7H,1-4,13H2,(H,14,16)(H,15,17)(H,18,19). The first-order valence-corrected chi connectivity index (χ1v) is 6.08. The number of carboxylic acid groups (broad SMARTS) is 1. The number of carbonyl (C=O) groups excluding carboxylic acids is 1. The number of rotatable bonds is 6. The maximum absolute atomic E-state index is 11.4. The fourth-order valence-electron chi connectivity index (χ4n) is 1.64. The lowest BCUT2D eigenvalue weighted by molar-refractivity contribution is -0.122. The van der Waals surface area contributed by atoms with Crippen molar-refractivity contribution in [3.8, 4) is 0 Å². The SMILES string of the molecule is Nc1cnc(NCCNC(=O)C2CC2)c(C(=O)O)c1. The van der Waals surface area contributed by atoms with Gasteiger partial charge in [-0.05, 0) is 18.9 Å². The van der Waals surface area contributed by atoms with Crippen molar-refractivity contribution < 1.29 is 14.7 Å². The molecule has 102 valence electrons. The lowest BCUT2D eigenvalue weighted by Gasteiger charge is -2.09. The molecule has 19 heavy (non-hydrogen) atoms. The summed E-state index contributed by atoms with van der Waals surface area (Å²) in [5, 5.41) is 14.7. The number of amides is 1. The highest BCUT2D eigenvalue weighted by Gasteiger charge is 2.28. The normalized spacial score (nSPS) is 13.9. The van der Waals surface area contributed by atoms with E-state index in [2.05, 4.69) is 15.6 Å². The quantitative estimate of drug-likeness (QED) is 0.549. The number of nitrogens with zero attached hydrogens (tertiary/aromatic N) is 1. The van der Waals surface area contributed by atoms with Crippen LogP contribution in [0.4, 0.5) is 11.5 Å². The number of nitrogens with two attached hydrogens (primary N) is 1. The summed E-state index contributed by atoms with van der Waals surface area (Å²) in [6.07, 6.45) is 3.31. The lowest BCUT2D eigenvalue weighted by atomic mass is 10.2. The molecule has 0 aliphatic heterocycles. The molecule has 0 aromatic carbocycles. The second-order valence-corrected chi connectivity index (χ2v) is 4.46. The van der Waals surface area contributed by atoms with Crippen LogP contribution >= 0.6 is 0 Å². The van der Waals surface area contributed by atoms with Gasteiger partial charge in [0.2, 0.25) is 5.91 Å². The summed E-state index contributed by atoms with van der Waals surface area (Å²) < 4.78 is 0. The lowest BCUT2D eigenvalue weighted by Crippen LogP contribution is -2.30. The molecule has 1 saturated carbocycles. The first-order chi connectivity index (χ1) is 9.08. The Kier molecular flexibility index (Phi) is 3.84. The average Bonchev–Trinajstić information content (AvgIpc) is 3.19. The van der Waals surface area contributed by atoms with Crippen molar-refractivity contribution >= 4 is 23.4 Å². The fraction of sp³-hybridized carbons (Fsp3) is 0.417. The molecule has 2 rings (SSSR count). The monoisotopic (exact) mass is 264 g/mol. The van der Waals surface area contributed by atoms with E-state index < -0.39 is 5.97 Å². The number of hydrogen-bond donors (Lipinski definition) is 4. The van der Waals surface area contributed by atoms with Crippen LogP contribution in [0.25, 0.3) is 0 Å². The number of nitrogens with one attached hydrogen (secondary N) is 2. The smallest absolute Gasteiger partial charge is 0.339 e. The molecule has 1 heterocycles. The van der Waals surface area contributed by atoms with Crippen LogP contribution < -0.4 is 16.4 Å². The second-order valence-electron chi connectivity index (χ2n) is 4.46. The average molecular weight is 264 g/mol. The Balaban J connectivity index is 1.84. The van der Waals surface area contributed by atoms with Crippen LogP contribution in [0.2, 0.25) is 0 Å². The van der Waals surface area contributed by atoms with E-state index in [4.69, 9.17) is 10.8 Å². The summed E-state index contributed by atoms with van der Waals surface area (Å²) in [5.41, 5.74) is 5.81.